The molecule has 126 valence electrons. The number of pyridine rings is 1. The number of fused-ring (bicyclic) bond motifs is 1. The third-order valence-corrected chi connectivity index (χ3v) is 4.60. The Labute approximate surface area is 145 Å². The van der Waals surface area contributed by atoms with Crippen molar-refractivity contribution in [1.29, 1.82) is 0 Å². The number of hydrogen-bond donors (Lipinski definition) is 0. The average Bonchev–Trinajstić information content (AvgIpc) is 2.87. The van der Waals surface area contributed by atoms with Gasteiger partial charge in [0.15, 0.2) is 6.29 Å². The standard InChI is InChI=1S/C17H24BrN3O2/c1-11(2)21-13-9-14(18)19-10-12(13)20-16(21)17(3,4)23-15-7-5-6-8-22-15/h9-11,15H,5-8H2,1-4H3. The summed E-state index contributed by atoms with van der Waals surface area (Å²) >= 11 is 3.45. The van der Waals surface area contributed by atoms with E-state index in [9.17, 15) is 0 Å². The van der Waals surface area contributed by atoms with Crippen LogP contribution < -0.4 is 0 Å². The smallest absolute Gasteiger partial charge is 0.158 e. The first kappa shape index (κ1) is 16.9. The summed E-state index contributed by atoms with van der Waals surface area (Å²) in [6, 6.07) is 2.29. The molecule has 3 heterocycles. The van der Waals surface area contributed by atoms with Crippen molar-refractivity contribution >= 4 is 27.0 Å². The minimum Gasteiger partial charge on any atom is -0.353 e. The van der Waals surface area contributed by atoms with Gasteiger partial charge in [0.25, 0.3) is 0 Å². The second kappa shape index (κ2) is 6.49. The van der Waals surface area contributed by atoms with Crippen LogP contribution in [0.2, 0.25) is 0 Å². The summed E-state index contributed by atoms with van der Waals surface area (Å²) in [4.78, 5) is 9.11. The molecule has 0 N–H and O–H groups in total. The number of rotatable bonds is 4. The van der Waals surface area contributed by atoms with Crippen LogP contribution in [0.4, 0.5) is 0 Å². The third-order valence-electron chi connectivity index (χ3n) is 4.16. The van der Waals surface area contributed by atoms with Gasteiger partial charge in [0.05, 0.1) is 11.7 Å². The summed E-state index contributed by atoms with van der Waals surface area (Å²) in [5.41, 5.74) is 1.42. The Hall–Kier alpha value is -0.980. The van der Waals surface area contributed by atoms with Crippen molar-refractivity contribution in [2.45, 2.75) is 64.9 Å². The summed E-state index contributed by atoms with van der Waals surface area (Å²) in [7, 11) is 0. The van der Waals surface area contributed by atoms with E-state index in [1.54, 1.807) is 6.20 Å². The van der Waals surface area contributed by atoms with Gasteiger partial charge in [-0.15, -0.1) is 0 Å². The van der Waals surface area contributed by atoms with Crippen LogP contribution in [0.25, 0.3) is 11.0 Å². The zero-order valence-electron chi connectivity index (χ0n) is 14.2. The molecule has 0 bridgehead atoms. The highest BCUT2D eigenvalue weighted by atomic mass is 79.9. The molecular formula is C17H24BrN3O2. The fourth-order valence-corrected chi connectivity index (χ4v) is 3.43. The number of hydrogen-bond acceptors (Lipinski definition) is 4. The maximum atomic E-state index is 6.28. The van der Waals surface area contributed by atoms with Gasteiger partial charge in [0.1, 0.15) is 21.5 Å². The lowest BCUT2D eigenvalue weighted by Crippen LogP contribution is -2.34. The molecule has 1 aliphatic heterocycles. The Bertz CT molecular complexity index is 690. The van der Waals surface area contributed by atoms with Gasteiger partial charge in [0, 0.05) is 12.6 Å². The predicted octanol–water partition coefficient (Wildman–Crippen LogP) is 4.55. The largest absolute Gasteiger partial charge is 0.353 e. The van der Waals surface area contributed by atoms with Crippen LogP contribution in [0.3, 0.4) is 0 Å². The number of nitrogens with zero attached hydrogens (tertiary/aromatic N) is 3. The average molecular weight is 382 g/mol. The molecule has 6 heteroatoms. The Morgan fingerprint density at radius 3 is 2.83 bits per heavy atom. The van der Waals surface area contributed by atoms with Crippen molar-refractivity contribution in [3.8, 4) is 0 Å². The lowest BCUT2D eigenvalue weighted by atomic mass is 10.1. The van der Waals surface area contributed by atoms with E-state index < -0.39 is 5.60 Å². The van der Waals surface area contributed by atoms with Gasteiger partial charge in [-0.2, -0.15) is 0 Å². The van der Waals surface area contributed by atoms with E-state index in [0.29, 0.717) is 0 Å². The molecular weight excluding hydrogens is 358 g/mol. The summed E-state index contributed by atoms with van der Waals surface area (Å²) in [6.07, 6.45) is 4.86. The molecule has 0 saturated carbocycles. The van der Waals surface area contributed by atoms with Crippen LogP contribution in [0.15, 0.2) is 16.9 Å². The van der Waals surface area contributed by atoms with Crippen LogP contribution in [0.1, 0.15) is 58.8 Å². The fourth-order valence-electron chi connectivity index (χ4n) is 3.11. The Morgan fingerprint density at radius 1 is 1.39 bits per heavy atom. The van der Waals surface area contributed by atoms with Crippen molar-refractivity contribution in [2.24, 2.45) is 0 Å². The molecule has 2 aromatic rings. The normalized spacial score (nSPS) is 19.7. The molecule has 2 aromatic heterocycles. The van der Waals surface area contributed by atoms with Crippen LogP contribution >= 0.6 is 15.9 Å². The van der Waals surface area contributed by atoms with E-state index in [-0.39, 0.29) is 12.3 Å². The number of imidazole rings is 1. The van der Waals surface area contributed by atoms with Crippen LogP contribution in [0.5, 0.6) is 0 Å². The minimum absolute atomic E-state index is 0.149. The van der Waals surface area contributed by atoms with E-state index in [1.165, 1.54) is 0 Å². The summed E-state index contributed by atoms with van der Waals surface area (Å²) in [6.45, 7) is 9.22. The number of ether oxygens (including phenoxy) is 2. The lowest BCUT2D eigenvalue weighted by Gasteiger charge is -2.33. The van der Waals surface area contributed by atoms with Crippen LogP contribution in [-0.2, 0) is 15.1 Å². The molecule has 0 radical (unpaired) electrons. The molecule has 0 amide bonds. The first-order valence-electron chi connectivity index (χ1n) is 8.22. The Kier molecular flexibility index (Phi) is 4.76. The Balaban J connectivity index is 2.01. The molecule has 0 spiro atoms. The second-order valence-electron chi connectivity index (χ2n) is 6.82. The highest BCUT2D eigenvalue weighted by Gasteiger charge is 2.33. The third kappa shape index (κ3) is 3.44. The van der Waals surface area contributed by atoms with Gasteiger partial charge in [-0.1, -0.05) is 0 Å². The van der Waals surface area contributed by atoms with Crippen molar-refractivity contribution < 1.29 is 9.47 Å². The molecule has 1 unspecified atom stereocenters. The highest BCUT2D eigenvalue weighted by molar-refractivity contribution is 9.10. The number of aromatic nitrogens is 3. The Morgan fingerprint density at radius 2 is 2.17 bits per heavy atom. The topological polar surface area (TPSA) is 49.2 Å². The molecule has 1 saturated heterocycles. The molecule has 3 rings (SSSR count). The molecule has 1 aliphatic rings. The van der Waals surface area contributed by atoms with Gasteiger partial charge >= 0.3 is 0 Å². The maximum Gasteiger partial charge on any atom is 0.158 e. The van der Waals surface area contributed by atoms with E-state index >= 15 is 0 Å². The van der Waals surface area contributed by atoms with E-state index in [1.807, 2.05) is 6.07 Å². The predicted molar refractivity (Wildman–Crippen MR) is 93.3 cm³/mol. The molecule has 1 fully saturated rings. The lowest BCUT2D eigenvalue weighted by molar-refractivity contribution is -0.221. The van der Waals surface area contributed by atoms with E-state index in [0.717, 1.165) is 47.3 Å². The molecule has 0 aromatic carbocycles. The minimum atomic E-state index is -0.530. The van der Waals surface area contributed by atoms with Crippen LogP contribution in [0, 0.1) is 0 Å². The second-order valence-corrected chi connectivity index (χ2v) is 7.63. The van der Waals surface area contributed by atoms with Gasteiger partial charge in [-0.05, 0) is 69.0 Å². The molecule has 23 heavy (non-hydrogen) atoms. The van der Waals surface area contributed by atoms with Crippen molar-refractivity contribution in [3.05, 3.63) is 22.7 Å². The quantitative estimate of drug-likeness (QED) is 0.728. The van der Waals surface area contributed by atoms with Gasteiger partial charge in [-0.3, -0.25) is 0 Å². The first-order valence-corrected chi connectivity index (χ1v) is 9.01. The van der Waals surface area contributed by atoms with Crippen molar-refractivity contribution in [3.63, 3.8) is 0 Å². The first-order chi connectivity index (χ1) is 10.9. The van der Waals surface area contributed by atoms with Crippen molar-refractivity contribution in [1.82, 2.24) is 14.5 Å². The summed E-state index contributed by atoms with van der Waals surface area (Å²) in [5.74, 6) is 0.913. The molecule has 0 aliphatic carbocycles. The van der Waals surface area contributed by atoms with Crippen LogP contribution in [-0.4, -0.2) is 27.4 Å². The van der Waals surface area contributed by atoms with Gasteiger partial charge in [-0.25, -0.2) is 9.97 Å². The molecule has 1 atom stereocenters. The maximum absolute atomic E-state index is 6.28. The van der Waals surface area contributed by atoms with Gasteiger partial charge < -0.3 is 14.0 Å². The summed E-state index contributed by atoms with van der Waals surface area (Å²) < 4.78 is 15.1. The van der Waals surface area contributed by atoms with Crippen molar-refractivity contribution in [2.75, 3.05) is 6.61 Å². The van der Waals surface area contributed by atoms with Gasteiger partial charge in [0.2, 0.25) is 0 Å². The fraction of sp³-hybridized carbons (Fsp3) is 0.647. The summed E-state index contributed by atoms with van der Waals surface area (Å²) in [5, 5.41) is 0. The zero-order chi connectivity index (χ0) is 16.6. The number of halogens is 1. The zero-order valence-corrected chi connectivity index (χ0v) is 15.8. The monoisotopic (exact) mass is 381 g/mol. The van der Waals surface area contributed by atoms with E-state index in [2.05, 4.69) is 53.2 Å². The SMILES string of the molecule is CC(C)n1c(C(C)(C)OC2CCCCO2)nc2cnc(Br)cc21. The molecule has 5 nitrogen and oxygen atoms in total. The highest BCUT2D eigenvalue weighted by Crippen LogP contribution is 2.33. The van der Waals surface area contributed by atoms with E-state index in [4.69, 9.17) is 14.5 Å².